The number of ether oxygens (including phenoxy) is 1. The van der Waals surface area contributed by atoms with Crippen molar-refractivity contribution in [3.63, 3.8) is 0 Å². The van der Waals surface area contributed by atoms with Gasteiger partial charge in [-0.05, 0) is 29.8 Å². The van der Waals surface area contributed by atoms with Crippen LogP contribution in [0.4, 0.5) is 10.1 Å². The number of nitrogens with zero attached hydrogens (tertiary/aromatic N) is 5. The average Bonchev–Trinajstić information content (AvgIpc) is 3.51. The molecule has 0 aliphatic carbocycles. The Hall–Kier alpha value is -4.54. The molecule has 10 nitrogen and oxygen atoms in total. The van der Waals surface area contributed by atoms with E-state index in [2.05, 4.69) is 15.4 Å². The molecule has 1 N–H and O–H groups in total. The molecule has 2 aromatic carbocycles. The van der Waals surface area contributed by atoms with Crippen LogP contribution >= 0.6 is 0 Å². The van der Waals surface area contributed by atoms with Gasteiger partial charge in [0.25, 0.3) is 5.56 Å². The van der Waals surface area contributed by atoms with E-state index in [9.17, 15) is 18.8 Å². The molecule has 2 amide bonds. The van der Waals surface area contributed by atoms with Gasteiger partial charge in [-0.25, -0.2) is 14.1 Å². The largest absolute Gasteiger partial charge is 0.497 e. The Kier molecular flexibility index (Phi) is 6.67. The lowest BCUT2D eigenvalue weighted by Crippen LogP contribution is -2.35. The first-order valence-corrected chi connectivity index (χ1v) is 11.8. The Morgan fingerprint density at radius 3 is 2.78 bits per heavy atom. The van der Waals surface area contributed by atoms with Crippen molar-refractivity contribution in [3.8, 4) is 5.75 Å². The van der Waals surface area contributed by atoms with Gasteiger partial charge in [0.1, 0.15) is 23.3 Å². The summed E-state index contributed by atoms with van der Waals surface area (Å²) in [4.78, 5) is 44.1. The van der Waals surface area contributed by atoms with E-state index < -0.39 is 5.92 Å². The fourth-order valence-electron chi connectivity index (χ4n) is 4.40. The SMILES string of the molecule is COc1cccc(N2CC(C(=O)NCCn3ncc4c(=O)n(Cc5ccc(F)cc5)cnc43)CC2=O)c1. The third-order valence-corrected chi connectivity index (χ3v) is 6.37. The number of carbonyl (C=O) groups excluding carboxylic acids is 2. The van der Waals surface area contributed by atoms with Crippen LogP contribution < -0.4 is 20.5 Å². The van der Waals surface area contributed by atoms with Gasteiger partial charge in [-0.15, -0.1) is 0 Å². The number of rotatable bonds is 8. The van der Waals surface area contributed by atoms with Crippen molar-refractivity contribution in [1.29, 1.82) is 0 Å². The average molecular weight is 505 g/mol. The fraction of sp³-hybridized carbons (Fsp3) is 0.269. The lowest BCUT2D eigenvalue weighted by molar-refractivity contribution is -0.126. The molecule has 1 unspecified atom stereocenters. The van der Waals surface area contributed by atoms with Crippen LogP contribution in [0.5, 0.6) is 5.75 Å². The van der Waals surface area contributed by atoms with E-state index in [0.717, 1.165) is 5.56 Å². The van der Waals surface area contributed by atoms with E-state index in [1.165, 1.54) is 29.2 Å². The lowest BCUT2D eigenvalue weighted by Gasteiger charge is -2.17. The summed E-state index contributed by atoms with van der Waals surface area (Å²) in [6.45, 7) is 1.12. The summed E-state index contributed by atoms with van der Waals surface area (Å²) >= 11 is 0. The molecule has 5 rings (SSSR count). The van der Waals surface area contributed by atoms with Crippen LogP contribution in [0.1, 0.15) is 12.0 Å². The number of aromatic nitrogens is 4. The van der Waals surface area contributed by atoms with E-state index in [0.29, 0.717) is 29.0 Å². The van der Waals surface area contributed by atoms with Gasteiger partial charge < -0.3 is 15.0 Å². The van der Waals surface area contributed by atoms with Crippen LogP contribution in [-0.2, 0) is 22.7 Å². The van der Waals surface area contributed by atoms with Crippen molar-refractivity contribution in [2.45, 2.75) is 19.5 Å². The highest BCUT2D eigenvalue weighted by atomic mass is 19.1. The van der Waals surface area contributed by atoms with Crippen LogP contribution in [0.3, 0.4) is 0 Å². The van der Waals surface area contributed by atoms with Gasteiger partial charge in [0.05, 0.1) is 32.3 Å². The normalized spacial score (nSPS) is 15.4. The Balaban J connectivity index is 1.19. The Labute approximate surface area is 211 Å². The van der Waals surface area contributed by atoms with Crippen LogP contribution in [0.15, 0.2) is 65.8 Å². The molecule has 0 spiro atoms. The summed E-state index contributed by atoms with van der Waals surface area (Å²) in [5, 5.41) is 7.47. The number of methoxy groups -OCH3 is 1. The number of nitrogens with one attached hydrogen (secondary N) is 1. The van der Waals surface area contributed by atoms with Crippen LogP contribution in [0.25, 0.3) is 11.0 Å². The highest BCUT2D eigenvalue weighted by molar-refractivity contribution is 6.00. The number of amides is 2. The van der Waals surface area contributed by atoms with Crippen molar-refractivity contribution in [1.82, 2.24) is 24.6 Å². The zero-order valence-corrected chi connectivity index (χ0v) is 20.1. The number of fused-ring (bicyclic) bond motifs is 1. The van der Waals surface area contributed by atoms with E-state index >= 15 is 0 Å². The van der Waals surface area contributed by atoms with Gasteiger partial charge in [0.15, 0.2) is 5.65 Å². The fourth-order valence-corrected chi connectivity index (χ4v) is 4.40. The minimum Gasteiger partial charge on any atom is -0.497 e. The topological polar surface area (TPSA) is 111 Å². The van der Waals surface area contributed by atoms with E-state index in [1.807, 2.05) is 6.07 Å². The quantitative estimate of drug-likeness (QED) is 0.393. The second-order valence-electron chi connectivity index (χ2n) is 8.81. The van der Waals surface area contributed by atoms with E-state index in [-0.39, 0.29) is 49.2 Å². The molecule has 1 atom stereocenters. The minimum atomic E-state index is -0.468. The van der Waals surface area contributed by atoms with Gasteiger partial charge in [-0.2, -0.15) is 5.10 Å². The Morgan fingerprint density at radius 1 is 1.19 bits per heavy atom. The smallest absolute Gasteiger partial charge is 0.264 e. The molecule has 1 aliphatic heterocycles. The maximum atomic E-state index is 13.1. The molecule has 2 aromatic heterocycles. The second kappa shape index (κ2) is 10.2. The highest BCUT2D eigenvalue weighted by Crippen LogP contribution is 2.28. The Morgan fingerprint density at radius 2 is 2.00 bits per heavy atom. The van der Waals surface area contributed by atoms with E-state index in [4.69, 9.17) is 4.74 Å². The van der Waals surface area contributed by atoms with Gasteiger partial charge in [0.2, 0.25) is 11.8 Å². The number of benzene rings is 2. The molecule has 11 heteroatoms. The molecule has 0 bridgehead atoms. The molecule has 1 aliphatic rings. The van der Waals surface area contributed by atoms with E-state index in [1.54, 1.807) is 47.0 Å². The number of hydrogen-bond acceptors (Lipinski definition) is 6. The van der Waals surface area contributed by atoms with Crippen molar-refractivity contribution < 1.29 is 18.7 Å². The number of carbonyl (C=O) groups is 2. The van der Waals surface area contributed by atoms with Crippen molar-refractivity contribution in [3.05, 3.63) is 82.8 Å². The molecule has 0 saturated carbocycles. The van der Waals surface area contributed by atoms with Crippen molar-refractivity contribution in [2.24, 2.45) is 5.92 Å². The zero-order chi connectivity index (χ0) is 25.9. The molecular formula is C26H25FN6O4. The van der Waals surface area contributed by atoms with Crippen molar-refractivity contribution >= 4 is 28.5 Å². The van der Waals surface area contributed by atoms with Gasteiger partial charge in [-0.1, -0.05) is 18.2 Å². The molecule has 4 aromatic rings. The maximum Gasteiger partial charge on any atom is 0.264 e. The number of halogens is 1. The second-order valence-corrected chi connectivity index (χ2v) is 8.81. The highest BCUT2D eigenvalue weighted by Gasteiger charge is 2.35. The number of hydrogen-bond donors (Lipinski definition) is 1. The molecule has 1 fully saturated rings. The monoisotopic (exact) mass is 504 g/mol. The molecule has 1 saturated heterocycles. The number of anilines is 1. The Bertz CT molecular complexity index is 1510. The predicted molar refractivity (Wildman–Crippen MR) is 134 cm³/mol. The van der Waals surface area contributed by atoms with Gasteiger partial charge >= 0.3 is 0 Å². The molecule has 3 heterocycles. The molecular weight excluding hydrogens is 479 g/mol. The predicted octanol–water partition coefficient (Wildman–Crippen LogP) is 1.96. The summed E-state index contributed by atoms with van der Waals surface area (Å²) in [6.07, 6.45) is 3.01. The summed E-state index contributed by atoms with van der Waals surface area (Å²) < 4.78 is 21.4. The first-order chi connectivity index (χ1) is 17.9. The maximum absolute atomic E-state index is 13.1. The molecule has 37 heavy (non-hydrogen) atoms. The zero-order valence-electron chi connectivity index (χ0n) is 20.1. The molecule has 190 valence electrons. The first-order valence-electron chi connectivity index (χ1n) is 11.8. The van der Waals surface area contributed by atoms with Gasteiger partial charge in [0, 0.05) is 31.3 Å². The third-order valence-electron chi connectivity index (χ3n) is 6.37. The lowest BCUT2D eigenvalue weighted by atomic mass is 10.1. The third kappa shape index (κ3) is 5.06. The van der Waals surface area contributed by atoms with Crippen molar-refractivity contribution in [2.75, 3.05) is 25.1 Å². The summed E-state index contributed by atoms with van der Waals surface area (Å²) in [5.41, 5.74) is 1.62. The van der Waals surface area contributed by atoms with Crippen LogP contribution in [-0.4, -0.2) is 51.3 Å². The molecule has 0 radical (unpaired) electrons. The van der Waals surface area contributed by atoms with Gasteiger partial charge in [-0.3, -0.25) is 19.0 Å². The summed E-state index contributed by atoms with van der Waals surface area (Å²) in [6, 6.07) is 13.1. The summed E-state index contributed by atoms with van der Waals surface area (Å²) in [7, 11) is 1.56. The minimum absolute atomic E-state index is 0.118. The van der Waals surface area contributed by atoms with Crippen LogP contribution in [0, 0.1) is 11.7 Å². The summed E-state index contributed by atoms with van der Waals surface area (Å²) in [5.74, 6) is -0.505. The standard InChI is InChI=1S/C26H25FN6O4/c1-37-21-4-2-3-20(12-21)32-15-18(11-23(32)34)25(35)28-9-10-33-24-22(13-30-33)26(36)31(16-29-24)14-17-5-7-19(27)8-6-17/h2-8,12-13,16,18H,9-11,14-15H2,1H3,(H,28,35). The first kappa shape index (κ1) is 24.2. The van der Waals surface area contributed by atoms with Crippen LogP contribution in [0.2, 0.25) is 0 Å².